The van der Waals surface area contributed by atoms with Gasteiger partial charge in [0, 0.05) is 0 Å². The molecule has 0 fully saturated rings. The zero-order valence-corrected chi connectivity index (χ0v) is 11.0. The van der Waals surface area contributed by atoms with E-state index in [1.54, 1.807) is 0 Å². The molecule has 0 heterocycles. The van der Waals surface area contributed by atoms with Crippen molar-refractivity contribution in [2.45, 2.75) is 0 Å². The summed E-state index contributed by atoms with van der Waals surface area (Å²) in [5.41, 5.74) is 0. The molecule has 6 heteroatoms. The zero-order valence-electron chi connectivity index (χ0n) is 3.02. The summed E-state index contributed by atoms with van der Waals surface area (Å²) in [7, 11) is 0. The van der Waals surface area contributed by atoms with Gasteiger partial charge in [0.05, 0.1) is 0 Å². The van der Waals surface area contributed by atoms with Gasteiger partial charge in [0.25, 0.3) is 0 Å². The Hall–Kier alpha value is 1.99. The van der Waals surface area contributed by atoms with Crippen molar-refractivity contribution in [3.8, 4) is 0 Å². The summed E-state index contributed by atoms with van der Waals surface area (Å²) >= 11 is 0. The van der Waals surface area contributed by atoms with Gasteiger partial charge in [-0.25, -0.2) is 0 Å². The van der Waals surface area contributed by atoms with Crippen molar-refractivity contribution in [1.82, 2.24) is 0 Å². The minimum atomic E-state index is 0. The Labute approximate surface area is 79.1 Å². The molecule has 0 saturated heterocycles. The SMILES string of the molecule is [Cl-].[Cr+3].[O-2].[O-2].[Zn+2].[Zn+2]. The molecule has 1 radical (unpaired) electrons. The van der Waals surface area contributed by atoms with Crippen molar-refractivity contribution in [3.05, 3.63) is 0 Å². The van der Waals surface area contributed by atoms with E-state index in [2.05, 4.69) is 0 Å². The normalized spacial score (nSPS) is 0. The molecular formula is ClCrO2Zn2+2. The van der Waals surface area contributed by atoms with Crippen LogP contribution in [0.5, 0.6) is 0 Å². The summed E-state index contributed by atoms with van der Waals surface area (Å²) in [4.78, 5) is 0. The van der Waals surface area contributed by atoms with Gasteiger partial charge in [-0.05, 0) is 0 Å². The molecule has 0 aromatic heterocycles. The first-order valence-electron chi connectivity index (χ1n) is 0. The third-order valence-corrected chi connectivity index (χ3v) is 0. The predicted octanol–water partition coefficient (Wildman–Crippen LogP) is -3.24. The second-order valence-corrected chi connectivity index (χ2v) is 0. The average Bonchev–Trinajstić information content (AvgIpc) is 0. The summed E-state index contributed by atoms with van der Waals surface area (Å²) in [6.07, 6.45) is 0. The topological polar surface area (TPSA) is 57.0 Å². The fourth-order valence-corrected chi connectivity index (χ4v) is 0. The van der Waals surface area contributed by atoms with E-state index in [9.17, 15) is 0 Å². The quantitative estimate of drug-likeness (QED) is 0.406. The van der Waals surface area contributed by atoms with Crippen LogP contribution in [-0.2, 0) is 67.3 Å². The van der Waals surface area contributed by atoms with Gasteiger partial charge in [-0.3, -0.25) is 0 Å². The number of halogens is 1. The Balaban J connectivity index is 0. The Bertz CT molecular complexity index is 11.5. The Morgan fingerprint density at radius 1 is 0.667 bits per heavy atom. The van der Waals surface area contributed by atoms with Gasteiger partial charge in [-0.2, -0.15) is 0 Å². The molecule has 2 nitrogen and oxygen atoms in total. The summed E-state index contributed by atoms with van der Waals surface area (Å²) in [5.74, 6) is 0. The van der Waals surface area contributed by atoms with E-state index in [-0.39, 0.29) is 79.7 Å². The maximum atomic E-state index is 0. The van der Waals surface area contributed by atoms with Crippen LogP contribution in [0.3, 0.4) is 0 Å². The van der Waals surface area contributed by atoms with Gasteiger partial charge >= 0.3 is 56.3 Å². The predicted molar refractivity (Wildman–Crippen MR) is 1.37 cm³/mol. The first-order valence-corrected chi connectivity index (χ1v) is 0. The number of hydrogen-bond donors (Lipinski definition) is 0. The maximum absolute atomic E-state index is 0. The Morgan fingerprint density at radius 2 is 0.667 bits per heavy atom. The molecule has 0 amide bonds. The molecule has 0 aliphatic carbocycles. The first kappa shape index (κ1) is 98.6. The molecule has 0 aliphatic rings. The second-order valence-electron chi connectivity index (χ2n) is 0. The number of hydrogen-bond acceptors (Lipinski definition) is 0. The third-order valence-electron chi connectivity index (χ3n) is 0. The van der Waals surface area contributed by atoms with E-state index in [1.807, 2.05) is 0 Å². The molecule has 0 rings (SSSR count). The van der Waals surface area contributed by atoms with E-state index in [4.69, 9.17) is 0 Å². The summed E-state index contributed by atoms with van der Waals surface area (Å²) in [6, 6.07) is 0. The third kappa shape index (κ3) is 37.7. The van der Waals surface area contributed by atoms with Crippen molar-refractivity contribution in [3.63, 3.8) is 0 Å². The van der Waals surface area contributed by atoms with Crippen molar-refractivity contribution in [2.75, 3.05) is 0 Å². The fourth-order valence-electron chi connectivity index (χ4n) is 0. The summed E-state index contributed by atoms with van der Waals surface area (Å²) < 4.78 is 0. The Morgan fingerprint density at radius 3 is 0.667 bits per heavy atom. The van der Waals surface area contributed by atoms with Gasteiger partial charge in [0.15, 0.2) is 0 Å². The molecule has 6 heavy (non-hydrogen) atoms. The first-order chi connectivity index (χ1) is 0. The molecule has 0 spiro atoms. The van der Waals surface area contributed by atoms with Crippen molar-refractivity contribution < 1.29 is 79.7 Å². The molecule has 0 aromatic carbocycles. The van der Waals surface area contributed by atoms with Gasteiger partial charge < -0.3 is 23.4 Å². The largest absolute Gasteiger partial charge is 3.00 e. The Kier molecular flexibility index (Phi) is 1040. The van der Waals surface area contributed by atoms with E-state index >= 15 is 0 Å². The molecule has 27 valence electrons. The van der Waals surface area contributed by atoms with E-state index in [0.717, 1.165) is 0 Å². The van der Waals surface area contributed by atoms with Crippen LogP contribution < -0.4 is 12.4 Å². The fraction of sp³-hybridized carbons (Fsp3) is 0. The van der Waals surface area contributed by atoms with E-state index in [1.165, 1.54) is 0 Å². The minimum Gasteiger partial charge on any atom is -2.00 e. The van der Waals surface area contributed by atoms with Crippen LogP contribution >= 0.6 is 0 Å². The van der Waals surface area contributed by atoms with Crippen LogP contribution in [-0.4, -0.2) is 0 Å². The molecular weight excluding hydrogens is 250 g/mol. The summed E-state index contributed by atoms with van der Waals surface area (Å²) in [5, 5.41) is 0. The zero-order chi connectivity index (χ0) is 0. The van der Waals surface area contributed by atoms with E-state index < -0.39 is 0 Å². The van der Waals surface area contributed by atoms with Crippen molar-refractivity contribution in [2.24, 2.45) is 0 Å². The van der Waals surface area contributed by atoms with Crippen molar-refractivity contribution in [1.29, 1.82) is 0 Å². The van der Waals surface area contributed by atoms with Gasteiger partial charge in [0.1, 0.15) is 0 Å². The minimum absolute atomic E-state index is 0. The number of rotatable bonds is 0. The molecule has 0 unspecified atom stereocenters. The molecule has 0 aromatic rings. The summed E-state index contributed by atoms with van der Waals surface area (Å²) in [6.45, 7) is 0. The second kappa shape index (κ2) is 63.4. The van der Waals surface area contributed by atoms with Crippen LogP contribution in [0.4, 0.5) is 0 Å². The van der Waals surface area contributed by atoms with Crippen LogP contribution in [0.15, 0.2) is 0 Å². The molecule has 0 aliphatic heterocycles. The molecule has 0 saturated carbocycles. The molecule has 0 N–H and O–H groups in total. The standard InChI is InChI=1S/ClH.Cr.2O.2Zn/h1H;;;;;/q;+3;2*-2;2*+2/p-1. The van der Waals surface area contributed by atoms with Gasteiger partial charge in [0.2, 0.25) is 0 Å². The smallest absolute Gasteiger partial charge is 2.00 e. The van der Waals surface area contributed by atoms with Crippen molar-refractivity contribution >= 4 is 0 Å². The maximum Gasteiger partial charge on any atom is 3.00 e. The molecule has 0 bridgehead atoms. The van der Waals surface area contributed by atoms with Crippen LogP contribution in [0.25, 0.3) is 0 Å². The van der Waals surface area contributed by atoms with Crippen LogP contribution in [0, 0.1) is 0 Å². The average molecular weight is 250 g/mol. The van der Waals surface area contributed by atoms with Crippen LogP contribution in [0.1, 0.15) is 0 Å². The van der Waals surface area contributed by atoms with E-state index in [0.29, 0.717) is 0 Å². The van der Waals surface area contributed by atoms with Gasteiger partial charge in [-0.1, -0.05) is 0 Å². The monoisotopic (exact) mass is 247 g/mol. The van der Waals surface area contributed by atoms with Gasteiger partial charge in [-0.15, -0.1) is 0 Å². The molecule has 0 atom stereocenters. The van der Waals surface area contributed by atoms with Crippen LogP contribution in [0.2, 0.25) is 0 Å².